The molecular formula is C17H25N5O. The third kappa shape index (κ3) is 4.59. The lowest BCUT2D eigenvalue weighted by Gasteiger charge is -2.34. The van der Waals surface area contributed by atoms with Crippen LogP contribution >= 0.6 is 0 Å². The number of pyridine rings is 1. The van der Waals surface area contributed by atoms with Crippen LogP contribution in [0.25, 0.3) is 11.5 Å². The highest BCUT2D eigenvalue weighted by atomic mass is 16.5. The van der Waals surface area contributed by atoms with Gasteiger partial charge in [0, 0.05) is 32.4 Å². The Balaban J connectivity index is 1.49. The molecule has 0 bridgehead atoms. The number of hydrogen-bond donors (Lipinski definition) is 0. The minimum Gasteiger partial charge on any atom is -0.337 e. The van der Waals surface area contributed by atoms with Gasteiger partial charge in [0.2, 0.25) is 11.7 Å². The predicted octanol–water partition coefficient (Wildman–Crippen LogP) is 2.30. The average molecular weight is 315 g/mol. The summed E-state index contributed by atoms with van der Waals surface area (Å²) < 4.78 is 5.37. The fourth-order valence-corrected chi connectivity index (χ4v) is 2.72. The zero-order valence-electron chi connectivity index (χ0n) is 14.0. The van der Waals surface area contributed by atoms with Crippen LogP contribution in [0.5, 0.6) is 0 Å². The molecular weight excluding hydrogens is 290 g/mol. The second kappa shape index (κ2) is 7.66. The van der Waals surface area contributed by atoms with Crippen LogP contribution in [-0.2, 0) is 6.54 Å². The molecule has 0 unspecified atom stereocenters. The summed E-state index contributed by atoms with van der Waals surface area (Å²) in [4.78, 5) is 13.6. The highest BCUT2D eigenvalue weighted by Gasteiger charge is 2.19. The van der Waals surface area contributed by atoms with Crippen LogP contribution in [0.4, 0.5) is 0 Å². The Bertz CT molecular complexity index is 590. The third-order valence-electron chi connectivity index (χ3n) is 4.21. The fourth-order valence-electron chi connectivity index (χ4n) is 2.72. The molecule has 0 spiro atoms. The molecule has 1 fully saturated rings. The van der Waals surface area contributed by atoms with Crippen molar-refractivity contribution in [2.45, 2.75) is 26.8 Å². The van der Waals surface area contributed by atoms with Gasteiger partial charge in [0.1, 0.15) is 5.69 Å². The maximum atomic E-state index is 5.37. The molecule has 0 amide bonds. The number of nitrogens with zero attached hydrogens (tertiary/aromatic N) is 5. The van der Waals surface area contributed by atoms with Gasteiger partial charge in [-0.25, -0.2) is 0 Å². The molecule has 6 heteroatoms. The Morgan fingerprint density at radius 3 is 2.61 bits per heavy atom. The lowest BCUT2D eigenvalue weighted by Crippen LogP contribution is -2.46. The van der Waals surface area contributed by atoms with Crippen LogP contribution in [0.3, 0.4) is 0 Å². The summed E-state index contributed by atoms with van der Waals surface area (Å²) in [7, 11) is 0. The van der Waals surface area contributed by atoms with E-state index in [4.69, 9.17) is 4.52 Å². The molecule has 0 aromatic carbocycles. The van der Waals surface area contributed by atoms with Crippen molar-refractivity contribution in [3.8, 4) is 11.5 Å². The van der Waals surface area contributed by atoms with Crippen molar-refractivity contribution in [3.63, 3.8) is 0 Å². The van der Waals surface area contributed by atoms with Gasteiger partial charge in [-0.05, 0) is 31.0 Å². The van der Waals surface area contributed by atoms with E-state index in [1.165, 1.54) is 13.0 Å². The molecule has 0 aliphatic carbocycles. The molecule has 6 nitrogen and oxygen atoms in total. The molecule has 23 heavy (non-hydrogen) atoms. The van der Waals surface area contributed by atoms with Gasteiger partial charge >= 0.3 is 0 Å². The summed E-state index contributed by atoms with van der Waals surface area (Å²) in [6, 6.07) is 5.69. The van der Waals surface area contributed by atoms with Crippen molar-refractivity contribution in [2.24, 2.45) is 5.92 Å². The van der Waals surface area contributed by atoms with Gasteiger partial charge in [-0.15, -0.1) is 0 Å². The van der Waals surface area contributed by atoms with Crippen molar-refractivity contribution in [3.05, 3.63) is 30.3 Å². The Kier molecular flexibility index (Phi) is 5.35. The predicted molar refractivity (Wildman–Crippen MR) is 88.7 cm³/mol. The van der Waals surface area contributed by atoms with E-state index in [0.29, 0.717) is 11.7 Å². The molecule has 1 aliphatic heterocycles. The van der Waals surface area contributed by atoms with Gasteiger partial charge in [0.05, 0.1) is 6.54 Å². The summed E-state index contributed by atoms with van der Waals surface area (Å²) in [5.41, 5.74) is 0.751. The monoisotopic (exact) mass is 315 g/mol. The van der Waals surface area contributed by atoms with Crippen LogP contribution in [0, 0.1) is 5.92 Å². The van der Waals surface area contributed by atoms with Crippen LogP contribution in [0.15, 0.2) is 28.9 Å². The van der Waals surface area contributed by atoms with Gasteiger partial charge in [0.15, 0.2) is 0 Å². The van der Waals surface area contributed by atoms with Crippen molar-refractivity contribution < 1.29 is 4.52 Å². The molecule has 124 valence electrons. The second-order valence-electron chi connectivity index (χ2n) is 6.53. The Labute approximate surface area is 137 Å². The van der Waals surface area contributed by atoms with E-state index in [-0.39, 0.29) is 0 Å². The summed E-state index contributed by atoms with van der Waals surface area (Å²) in [5, 5.41) is 4.03. The largest absolute Gasteiger partial charge is 0.337 e. The van der Waals surface area contributed by atoms with Crippen LogP contribution in [0.1, 0.15) is 26.2 Å². The Hall–Kier alpha value is -1.79. The second-order valence-corrected chi connectivity index (χ2v) is 6.53. The summed E-state index contributed by atoms with van der Waals surface area (Å²) >= 11 is 0. The lowest BCUT2D eigenvalue weighted by atomic mass is 10.1. The van der Waals surface area contributed by atoms with Crippen molar-refractivity contribution in [1.29, 1.82) is 0 Å². The molecule has 3 rings (SSSR count). The first-order valence-electron chi connectivity index (χ1n) is 8.39. The van der Waals surface area contributed by atoms with E-state index in [1.807, 2.05) is 18.2 Å². The first-order chi connectivity index (χ1) is 11.2. The Morgan fingerprint density at radius 1 is 1.13 bits per heavy atom. The van der Waals surface area contributed by atoms with E-state index in [1.54, 1.807) is 6.20 Å². The number of rotatable bonds is 6. The molecule has 0 saturated carbocycles. The van der Waals surface area contributed by atoms with Crippen LogP contribution in [0.2, 0.25) is 0 Å². The normalized spacial score (nSPS) is 17.0. The van der Waals surface area contributed by atoms with E-state index in [0.717, 1.165) is 44.3 Å². The maximum absolute atomic E-state index is 5.37. The minimum atomic E-state index is 0.566. The van der Waals surface area contributed by atoms with Gasteiger partial charge in [0.25, 0.3) is 0 Å². The topological polar surface area (TPSA) is 58.3 Å². The standard InChI is InChI=1S/C17H25N5O/c1-14(2)6-8-21-9-11-22(12-10-21)13-16-19-17(20-23-16)15-5-3-4-7-18-15/h3-5,7,14H,6,8-13H2,1-2H3. The average Bonchev–Trinajstić information content (AvgIpc) is 3.03. The quantitative estimate of drug-likeness (QED) is 0.815. The minimum absolute atomic E-state index is 0.566. The SMILES string of the molecule is CC(C)CCN1CCN(Cc2nc(-c3ccccn3)no2)CC1. The third-order valence-corrected chi connectivity index (χ3v) is 4.21. The molecule has 0 N–H and O–H groups in total. The van der Waals surface area contributed by atoms with Gasteiger partial charge in [-0.3, -0.25) is 9.88 Å². The van der Waals surface area contributed by atoms with Gasteiger partial charge in [-0.1, -0.05) is 25.1 Å². The zero-order chi connectivity index (χ0) is 16.1. The first-order valence-corrected chi connectivity index (χ1v) is 8.39. The molecule has 2 aromatic rings. The van der Waals surface area contributed by atoms with Crippen molar-refractivity contribution in [1.82, 2.24) is 24.9 Å². The smallest absolute Gasteiger partial charge is 0.241 e. The fraction of sp³-hybridized carbons (Fsp3) is 0.588. The molecule has 0 atom stereocenters. The van der Waals surface area contributed by atoms with E-state index in [9.17, 15) is 0 Å². The maximum Gasteiger partial charge on any atom is 0.241 e. The van der Waals surface area contributed by atoms with Crippen LogP contribution in [-0.4, -0.2) is 57.6 Å². The first kappa shape index (κ1) is 16.1. The molecule has 1 aliphatic rings. The van der Waals surface area contributed by atoms with Crippen molar-refractivity contribution in [2.75, 3.05) is 32.7 Å². The van der Waals surface area contributed by atoms with E-state index < -0.39 is 0 Å². The number of aromatic nitrogens is 3. The van der Waals surface area contributed by atoms with E-state index in [2.05, 4.69) is 38.8 Å². The van der Waals surface area contributed by atoms with Crippen molar-refractivity contribution >= 4 is 0 Å². The van der Waals surface area contributed by atoms with Gasteiger partial charge in [-0.2, -0.15) is 4.98 Å². The summed E-state index contributed by atoms with van der Waals surface area (Å²) in [6.45, 7) is 10.8. The number of hydrogen-bond acceptors (Lipinski definition) is 6. The molecule has 0 radical (unpaired) electrons. The number of piperazine rings is 1. The summed E-state index contributed by atoms with van der Waals surface area (Å²) in [5.74, 6) is 2.01. The lowest BCUT2D eigenvalue weighted by molar-refractivity contribution is 0.113. The Morgan fingerprint density at radius 2 is 1.91 bits per heavy atom. The highest BCUT2D eigenvalue weighted by Crippen LogP contribution is 2.14. The van der Waals surface area contributed by atoms with Crippen LogP contribution < -0.4 is 0 Å². The van der Waals surface area contributed by atoms with Gasteiger partial charge < -0.3 is 9.42 Å². The highest BCUT2D eigenvalue weighted by molar-refractivity contribution is 5.46. The zero-order valence-corrected chi connectivity index (χ0v) is 14.0. The molecule has 3 heterocycles. The molecule has 1 saturated heterocycles. The molecule has 2 aromatic heterocycles. The summed E-state index contributed by atoms with van der Waals surface area (Å²) in [6.07, 6.45) is 3.01. The van der Waals surface area contributed by atoms with E-state index >= 15 is 0 Å².